The molecule has 152 valence electrons. The molecule has 0 bridgehead atoms. The van der Waals surface area contributed by atoms with Gasteiger partial charge in [-0.05, 0) is 35.4 Å². The maximum Gasteiger partial charge on any atom is 0.573 e. The number of benzene rings is 2. The molecule has 1 heterocycles. The molecule has 0 aliphatic rings. The first-order valence-electron chi connectivity index (χ1n) is 7.88. The molecule has 3 rings (SSSR count). The third-order valence-electron chi connectivity index (χ3n) is 3.64. The molecule has 0 aliphatic heterocycles. The van der Waals surface area contributed by atoms with Gasteiger partial charge in [-0.15, -0.1) is 26.3 Å². The zero-order valence-electron chi connectivity index (χ0n) is 14.2. The summed E-state index contributed by atoms with van der Waals surface area (Å²) in [7, 11) is 0. The number of nitrogens with zero attached hydrogens (tertiary/aromatic N) is 1. The Labute approximate surface area is 165 Å². The molecule has 0 radical (unpaired) electrons. The fourth-order valence-electron chi connectivity index (χ4n) is 2.57. The molecule has 0 fully saturated rings. The van der Waals surface area contributed by atoms with Gasteiger partial charge in [0.15, 0.2) is 0 Å². The van der Waals surface area contributed by atoms with Crippen molar-refractivity contribution < 1.29 is 35.8 Å². The van der Waals surface area contributed by atoms with Crippen LogP contribution >= 0.6 is 11.6 Å². The van der Waals surface area contributed by atoms with Gasteiger partial charge in [0.2, 0.25) is 0 Å². The van der Waals surface area contributed by atoms with Crippen LogP contribution in [0, 0.1) is 0 Å². The van der Waals surface area contributed by atoms with Crippen LogP contribution in [-0.2, 0) is 0 Å². The van der Waals surface area contributed by atoms with Gasteiger partial charge in [0.1, 0.15) is 11.5 Å². The van der Waals surface area contributed by atoms with Gasteiger partial charge in [-0.2, -0.15) is 0 Å². The second-order valence-corrected chi connectivity index (χ2v) is 6.08. The van der Waals surface area contributed by atoms with Gasteiger partial charge in [0, 0.05) is 23.5 Å². The molecule has 3 nitrogen and oxygen atoms in total. The summed E-state index contributed by atoms with van der Waals surface area (Å²) in [6.07, 6.45) is -7.06. The van der Waals surface area contributed by atoms with Crippen LogP contribution in [0.2, 0.25) is 5.02 Å². The minimum absolute atomic E-state index is 0.0910. The average Bonchev–Trinajstić information content (AvgIpc) is 2.59. The predicted molar refractivity (Wildman–Crippen MR) is 93.5 cm³/mol. The lowest BCUT2D eigenvalue weighted by Crippen LogP contribution is -2.17. The topological polar surface area (TPSA) is 31.4 Å². The summed E-state index contributed by atoms with van der Waals surface area (Å²) in [6.45, 7) is 0. The highest BCUT2D eigenvalue weighted by molar-refractivity contribution is 6.36. The third kappa shape index (κ3) is 5.54. The van der Waals surface area contributed by atoms with Crippen LogP contribution in [-0.4, -0.2) is 17.7 Å². The highest BCUT2D eigenvalue weighted by Gasteiger charge is 2.32. The molecule has 0 atom stereocenters. The van der Waals surface area contributed by atoms with Crippen molar-refractivity contribution in [1.82, 2.24) is 4.98 Å². The summed E-state index contributed by atoms with van der Waals surface area (Å²) in [5.41, 5.74) is 1.13. The van der Waals surface area contributed by atoms with E-state index in [9.17, 15) is 26.3 Å². The number of alkyl halides is 6. The van der Waals surface area contributed by atoms with Crippen molar-refractivity contribution in [3.05, 3.63) is 65.9 Å². The van der Waals surface area contributed by atoms with Crippen molar-refractivity contribution in [1.29, 1.82) is 0 Å². The van der Waals surface area contributed by atoms with E-state index in [1.165, 1.54) is 36.7 Å². The number of ether oxygens (including phenoxy) is 2. The van der Waals surface area contributed by atoms with E-state index in [0.717, 1.165) is 24.3 Å². The molecule has 1 aromatic heterocycles. The third-order valence-corrected chi connectivity index (χ3v) is 4.04. The molecule has 0 amide bonds. The zero-order valence-corrected chi connectivity index (χ0v) is 14.9. The Morgan fingerprint density at radius 2 is 1.10 bits per heavy atom. The van der Waals surface area contributed by atoms with Crippen molar-refractivity contribution in [2.45, 2.75) is 12.7 Å². The maximum absolute atomic E-state index is 12.4. The number of aromatic nitrogens is 1. The van der Waals surface area contributed by atoms with Crippen LogP contribution in [0.1, 0.15) is 0 Å². The van der Waals surface area contributed by atoms with Crippen LogP contribution in [0.25, 0.3) is 22.3 Å². The fourth-order valence-corrected chi connectivity index (χ4v) is 2.88. The van der Waals surface area contributed by atoms with Crippen molar-refractivity contribution in [2.75, 3.05) is 0 Å². The summed E-state index contributed by atoms with van der Waals surface area (Å²) in [5, 5.41) is 0.0910. The molecule has 0 spiro atoms. The van der Waals surface area contributed by atoms with Gasteiger partial charge in [0.05, 0.1) is 5.02 Å². The van der Waals surface area contributed by atoms with E-state index in [-0.39, 0.29) is 27.3 Å². The first kappa shape index (κ1) is 20.8. The molecule has 0 aliphatic carbocycles. The summed E-state index contributed by atoms with van der Waals surface area (Å²) in [6, 6.07) is 10.2. The molecule has 0 unspecified atom stereocenters. The molecule has 2 aromatic carbocycles. The number of halogens is 7. The van der Waals surface area contributed by atoms with Gasteiger partial charge >= 0.3 is 12.7 Å². The highest BCUT2D eigenvalue weighted by atomic mass is 35.5. The van der Waals surface area contributed by atoms with Crippen LogP contribution in [0.5, 0.6) is 11.5 Å². The van der Waals surface area contributed by atoms with Crippen molar-refractivity contribution >= 4 is 11.6 Å². The normalized spacial score (nSPS) is 12.0. The monoisotopic (exact) mass is 433 g/mol. The van der Waals surface area contributed by atoms with Crippen LogP contribution in [0.3, 0.4) is 0 Å². The standard InChI is InChI=1S/C19H10ClF6NO2/c20-17-15(11-3-1-5-13(7-11)28-18(21,22)23)9-27-10-16(17)12-4-2-6-14(8-12)29-19(24,25)26/h1-10H. The van der Waals surface area contributed by atoms with Crippen molar-refractivity contribution in [3.8, 4) is 33.8 Å². The van der Waals surface area contributed by atoms with Gasteiger partial charge in [-0.1, -0.05) is 35.9 Å². The molecule has 0 N–H and O–H groups in total. The second-order valence-electron chi connectivity index (χ2n) is 5.70. The Bertz CT molecular complexity index is 942. The molecule has 3 aromatic rings. The minimum atomic E-state index is -4.86. The van der Waals surface area contributed by atoms with Crippen molar-refractivity contribution in [3.63, 3.8) is 0 Å². The summed E-state index contributed by atoms with van der Waals surface area (Å²) < 4.78 is 82.4. The lowest BCUT2D eigenvalue weighted by atomic mass is 10.0. The van der Waals surface area contributed by atoms with Gasteiger partial charge in [-0.25, -0.2) is 0 Å². The Kier molecular flexibility index (Phi) is 5.61. The number of hydrogen-bond donors (Lipinski definition) is 0. The molecular formula is C19H10ClF6NO2. The fraction of sp³-hybridized carbons (Fsp3) is 0.105. The number of hydrogen-bond acceptors (Lipinski definition) is 3. The van der Waals surface area contributed by atoms with Crippen LogP contribution < -0.4 is 9.47 Å². The zero-order chi connectivity index (χ0) is 21.2. The highest BCUT2D eigenvalue weighted by Crippen LogP contribution is 2.38. The van der Waals surface area contributed by atoms with Gasteiger partial charge < -0.3 is 9.47 Å². The Hall–Kier alpha value is -2.94. The lowest BCUT2D eigenvalue weighted by Gasteiger charge is -2.13. The Balaban J connectivity index is 1.99. The van der Waals surface area contributed by atoms with E-state index in [2.05, 4.69) is 14.5 Å². The second kappa shape index (κ2) is 7.82. The summed E-state index contributed by atoms with van der Waals surface area (Å²) >= 11 is 6.38. The van der Waals surface area contributed by atoms with Crippen LogP contribution in [0.4, 0.5) is 26.3 Å². The predicted octanol–water partition coefficient (Wildman–Crippen LogP) is 6.87. The quantitative estimate of drug-likeness (QED) is 0.421. The largest absolute Gasteiger partial charge is 0.573 e. The SMILES string of the molecule is FC(F)(F)Oc1cccc(-c2cncc(-c3cccc(OC(F)(F)F)c3)c2Cl)c1. The smallest absolute Gasteiger partial charge is 0.406 e. The Morgan fingerprint density at radius 3 is 1.48 bits per heavy atom. The van der Waals surface area contributed by atoms with E-state index in [0.29, 0.717) is 0 Å². The Morgan fingerprint density at radius 1 is 0.690 bits per heavy atom. The summed E-state index contributed by atoms with van der Waals surface area (Å²) in [5.74, 6) is -0.894. The van der Waals surface area contributed by atoms with E-state index in [4.69, 9.17) is 11.6 Å². The van der Waals surface area contributed by atoms with Gasteiger partial charge in [0.25, 0.3) is 0 Å². The molecule has 0 saturated carbocycles. The molecule has 10 heteroatoms. The van der Waals surface area contributed by atoms with E-state index in [1.54, 1.807) is 0 Å². The minimum Gasteiger partial charge on any atom is -0.406 e. The first-order chi connectivity index (χ1) is 13.5. The van der Waals surface area contributed by atoms with E-state index < -0.39 is 24.2 Å². The van der Waals surface area contributed by atoms with E-state index >= 15 is 0 Å². The molecule has 0 saturated heterocycles. The number of rotatable bonds is 4. The molecule has 29 heavy (non-hydrogen) atoms. The van der Waals surface area contributed by atoms with Crippen molar-refractivity contribution in [2.24, 2.45) is 0 Å². The van der Waals surface area contributed by atoms with E-state index in [1.807, 2.05) is 0 Å². The van der Waals surface area contributed by atoms with Gasteiger partial charge in [-0.3, -0.25) is 4.98 Å². The average molecular weight is 434 g/mol. The maximum atomic E-state index is 12.4. The first-order valence-corrected chi connectivity index (χ1v) is 8.25. The van der Waals surface area contributed by atoms with Crippen LogP contribution in [0.15, 0.2) is 60.9 Å². The lowest BCUT2D eigenvalue weighted by molar-refractivity contribution is -0.275. The molecular weight excluding hydrogens is 424 g/mol. The summed E-state index contributed by atoms with van der Waals surface area (Å²) in [4.78, 5) is 4.00. The number of pyridine rings is 1.